The van der Waals surface area contributed by atoms with Crippen molar-refractivity contribution in [2.24, 2.45) is 10.9 Å². The van der Waals surface area contributed by atoms with Crippen LogP contribution in [0, 0.1) is 5.92 Å². The summed E-state index contributed by atoms with van der Waals surface area (Å²) < 4.78 is 0. The quantitative estimate of drug-likeness (QED) is 0.371. The van der Waals surface area contributed by atoms with Gasteiger partial charge in [-0.1, -0.05) is 30.2 Å². The number of nitrogens with one attached hydrogen (secondary N) is 3. The molecule has 2 saturated carbocycles. The zero-order chi connectivity index (χ0) is 18.4. The summed E-state index contributed by atoms with van der Waals surface area (Å²) in [7, 11) is 1.78. The molecule has 3 N–H and O–H groups in total. The van der Waals surface area contributed by atoms with Crippen LogP contribution in [0.5, 0.6) is 0 Å². The molecule has 0 radical (unpaired) electrons. The van der Waals surface area contributed by atoms with Crippen LogP contribution in [0.3, 0.4) is 0 Å². The summed E-state index contributed by atoms with van der Waals surface area (Å²) >= 11 is 6.14. The number of hydrogen-bond donors (Lipinski definition) is 3. The average molecular weight is 377 g/mol. The van der Waals surface area contributed by atoms with Crippen molar-refractivity contribution in [3.63, 3.8) is 0 Å². The van der Waals surface area contributed by atoms with Crippen molar-refractivity contribution in [2.45, 2.75) is 43.9 Å². The van der Waals surface area contributed by atoms with Crippen molar-refractivity contribution in [3.8, 4) is 0 Å². The summed E-state index contributed by atoms with van der Waals surface area (Å²) in [5.74, 6) is 1.29. The van der Waals surface area contributed by atoms with E-state index < -0.39 is 0 Å². The normalized spacial score (nSPS) is 18.8. The fourth-order valence-corrected chi connectivity index (χ4v) is 3.52. The average Bonchev–Trinajstić information content (AvgIpc) is 3.37. The first-order valence-electron chi connectivity index (χ1n) is 9.61. The molecular weight excluding hydrogens is 348 g/mol. The number of nitrogens with zero attached hydrogens (tertiary/aromatic N) is 1. The minimum absolute atomic E-state index is 0.180. The maximum atomic E-state index is 11.8. The molecule has 5 nitrogen and oxygen atoms in total. The summed E-state index contributed by atoms with van der Waals surface area (Å²) in [6.07, 6.45) is 6.52. The minimum atomic E-state index is 0.180. The van der Waals surface area contributed by atoms with Gasteiger partial charge in [-0.05, 0) is 49.8 Å². The fourth-order valence-electron chi connectivity index (χ4n) is 3.33. The molecule has 0 unspecified atom stereocenters. The predicted molar refractivity (Wildman–Crippen MR) is 107 cm³/mol. The van der Waals surface area contributed by atoms with E-state index >= 15 is 0 Å². The zero-order valence-corrected chi connectivity index (χ0v) is 16.2. The van der Waals surface area contributed by atoms with Gasteiger partial charge in [-0.15, -0.1) is 0 Å². The molecule has 142 valence electrons. The molecule has 1 aromatic carbocycles. The van der Waals surface area contributed by atoms with Crippen molar-refractivity contribution < 1.29 is 4.79 Å². The molecule has 1 aromatic rings. The van der Waals surface area contributed by atoms with Crippen LogP contribution < -0.4 is 16.0 Å². The summed E-state index contributed by atoms with van der Waals surface area (Å²) in [4.78, 5) is 16.1. The molecule has 0 aromatic heterocycles. The number of aliphatic imine (C=N–C) groups is 1. The van der Waals surface area contributed by atoms with E-state index in [2.05, 4.69) is 33.1 Å². The fraction of sp³-hybridized carbons (Fsp3) is 0.600. The molecular formula is C20H29ClN4O. The van der Waals surface area contributed by atoms with E-state index in [1.54, 1.807) is 7.05 Å². The van der Waals surface area contributed by atoms with Crippen LogP contribution in [0.4, 0.5) is 0 Å². The number of hydrogen-bond acceptors (Lipinski definition) is 2. The molecule has 0 atom stereocenters. The number of rotatable bonds is 8. The van der Waals surface area contributed by atoms with E-state index in [0.717, 1.165) is 43.3 Å². The van der Waals surface area contributed by atoms with Gasteiger partial charge in [-0.2, -0.15) is 0 Å². The number of carbonyl (C=O) groups excluding carboxylic acids is 1. The van der Waals surface area contributed by atoms with Crippen molar-refractivity contribution in [1.82, 2.24) is 16.0 Å². The molecule has 0 bridgehead atoms. The standard InChI is InChI=1S/C20H29ClN4O/c1-22-19(24-12-4-11-23-18(26)15-5-2-6-15)25-14-20(9-10-20)16-7-3-8-17(21)13-16/h3,7-8,13,15H,2,4-6,9-12,14H2,1H3,(H,23,26)(H2,22,24,25). The minimum Gasteiger partial charge on any atom is -0.356 e. The molecule has 3 rings (SSSR count). The highest BCUT2D eigenvalue weighted by Crippen LogP contribution is 2.48. The second kappa shape index (κ2) is 8.76. The van der Waals surface area contributed by atoms with E-state index in [1.165, 1.54) is 24.8 Å². The Bertz CT molecular complexity index is 653. The van der Waals surface area contributed by atoms with Crippen LogP contribution in [0.15, 0.2) is 29.3 Å². The second-order valence-electron chi connectivity index (χ2n) is 7.42. The lowest BCUT2D eigenvalue weighted by molar-refractivity contribution is -0.127. The summed E-state index contributed by atoms with van der Waals surface area (Å²) in [5, 5.41) is 10.6. The molecule has 0 spiro atoms. The molecule has 2 aliphatic rings. The third-order valence-corrected chi connectivity index (χ3v) is 5.76. The number of carbonyl (C=O) groups is 1. The molecule has 0 heterocycles. The van der Waals surface area contributed by atoms with Crippen LogP contribution in [0.1, 0.15) is 44.1 Å². The van der Waals surface area contributed by atoms with Crippen molar-refractivity contribution in [1.29, 1.82) is 0 Å². The van der Waals surface area contributed by atoms with E-state index in [0.29, 0.717) is 6.54 Å². The van der Waals surface area contributed by atoms with Gasteiger partial charge in [0.2, 0.25) is 5.91 Å². The van der Waals surface area contributed by atoms with Crippen molar-refractivity contribution >= 4 is 23.5 Å². The third-order valence-electron chi connectivity index (χ3n) is 5.53. The lowest BCUT2D eigenvalue weighted by Gasteiger charge is -2.24. The zero-order valence-electron chi connectivity index (χ0n) is 15.5. The number of halogens is 1. The highest BCUT2D eigenvalue weighted by atomic mass is 35.5. The number of benzene rings is 1. The van der Waals surface area contributed by atoms with Crippen LogP contribution >= 0.6 is 11.6 Å². The molecule has 6 heteroatoms. The SMILES string of the molecule is CN=C(NCCCNC(=O)C1CCC1)NCC1(c2cccc(Cl)c2)CC1. The van der Waals surface area contributed by atoms with Crippen LogP contribution in [-0.4, -0.2) is 38.5 Å². The van der Waals surface area contributed by atoms with Crippen molar-refractivity contribution in [2.75, 3.05) is 26.7 Å². The third kappa shape index (κ3) is 4.91. The highest BCUT2D eigenvalue weighted by Gasteiger charge is 2.44. The maximum Gasteiger partial charge on any atom is 0.223 e. The van der Waals surface area contributed by atoms with Gasteiger partial charge in [0, 0.05) is 43.0 Å². The summed E-state index contributed by atoms with van der Waals surface area (Å²) in [5.41, 5.74) is 1.48. The Morgan fingerprint density at radius 1 is 1.23 bits per heavy atom. The topological polar surface area (TPSA) is 65.5 Å². The van der Waals surface area contributed by atoms with E-state index in [-0.39, 0.29) is 17.2 Å². The Balaban J connectivity index is 1.35. The van der Waals surface area contributed by atoms with Gasteiger partial charge in [0.05, 0.1) is 0 Å². The predicted octanol–water partition coefficient (Wildman–Crippen LogP) is 2.84. The Hall–Kier alpha value is -1.75. The van der Waals surface area contributed by atoms with E-state index in [1.807, 2.05) is 12.1 Å². The Kier molecular flexibility index (Phi) is 6.41. The van der Waals surface area contributed by atoms with Crippen molar-refractivity contribution in [3.05, 3.63) is 34.9 Å². The van der Waals surface area contributed by atoms with Gasteiger partial charge in [0.25, 0.3) is 0 Å². The smallest absolute Gasteiger partial charge is 0.223 e. The van der Waals surface area contributed by atoms with Gasteiger partial charge in [-0.3, -0.25) is 9.79 Å². The Labute approximate surface area is 161 Å². The first-order chi connectivity index (χ1) is 12.6. The van der Waals surface area contributed by atoms with Gasteiger partial charge in [-0.25, -0.2) is 0 Å². The lowest BCUT2D eigenvalue weighted by atomic mass is 9.85. The van der Waals surface area contributed by atoms with Gasteiger partial charge in [0.1, 0.15) is 0 Å². The molecule has 0 saturated heterocycles. The first kappa shape index (κ1) is 19.0. The van der Waals surface area contributed by atoms with Gasteiger partial charge >= 0.3 is 0 Å². The number of amides is 1. The van der Waals surface area contributed by atoms with Gasteiger partial charge in [0.15, 0.2) is 5.96 Å². The molecule has 26 heavy (non-hydrogen) atoms. The first-order valence-corrected chi connectivity index (χ1v) is 9.99. The Morgan fingerprint density at radius 2 is 2.00 bits per heavy atom. The van der Waals surface area contributed by atoms with E-state index in [4.69, 9.17) is 11.6 Å². The summed E-state index contributed by atoms with van der Waals surface area (Å²) in [6.45, 7) is 2.35. The van der Waals surface area contributed by atoms with Crippen LogP contribution in [0.25, 0.3) is 0 Å². The highest BCUT2D eigenvalue weighted by molar-refractivity contribution is 6.30. The van der Waals surface area contributed by atoms with Gasteiger partial charge < -0.3 is 16.0 Å². The number of guanidine groups is 1. The van der Waals surface area contributed by atoms with Crippen LogP contribution in [0.2, 0.25) is 5.02 Å². The summed E-state index contributed by atoms with van der Waals surface area (Å²) in [6, 6.07) is 8.15. The molecule has 2 fully saturated rings. The van der Waals surface area contributed by atoms with Crippen LogP contribution in [-0.2, 0) is 10.2 Å². The lowest BCUT2D eigenvalue weighted by Crippen LogP contribution is -2.42. The molecule has 2 aliphatic carbocycles. The monoisotopic (exact) mass is 376 g/mol. The molecule has 0 aliphatic heterocycles. The largest absolute Gasteiger partial charge is 0.356 e. The Morgan fingerprint density at radius 3 is 2.62 bits per heavy atom. The molecule has 1 amide bonds. The van der Waals surface area contributed by atoms with E-state index in [9.17, 15) is 4.79 Å². The maximum absolute atomic E-state index is 11.8. The second-order valence-corrected chi connectivity index (χ2v) is 7.85.